The third-order valence-corrected chi connectivity index (χ3v) is 2.93. The van der Waals surface area contributed by atoms with E-state index in [0.717, 1.165) is 15.7 Å². The van der Waals surface area contributed by atoms with Gasteiger partial charge in [-0.3, -0.25) is 9.48 Å². The van der Waals surface area contributed by atoms with Crippen LogP contribution in [-0.2, 0) is 11.3 Å². The van der Waals surface area contributed by atoms with Crippen molar-refractivity contribution in [1.82, 2.24) is 9.78 Å². The van der Waals surface area contributed by atoms with Gasteiger partial charge < -0.3 is 11.1 Å². The molecule has 0 saturated heterocycles. The predicted molar refractivity (Wildman–Crippen MR) is 74.1 cm³/mol. The van der Waals surface area contributed by atoms with Crippen molar-refractivity contribution >= 4 is 33.2 Å². The molecule has 0 fully saturated rings. The number of nitrogens with zero attached hydrogens (tertiary/aromatic N) is 2. The normalized spacial score (nSPS) is 10.3. The second kappa shape index (κ2) is 5.22. The number of aromatic nitrogens is 2. The van der Waals surface area contributed by atoms with E-state index >= 15 is 0 Å². The van der Waals surface area contributed by atoms with Crippen molar-refractivity contribution in [2.45, 2.75) is 13.5 Å². The summed E-state index contributed by atoms with van der Waals surface area (Å²) in [5.41, 5.74) is 7.87. The van der Waals surface area contributed by atoms with Crippen LogP contribution in [0.2, 0.25) is 0 Å². The molecule has 0 aliphatic carbocycles. The van der Waals surface area contributed by atoms with Crippen molar-refractivity contribution in [3.8, 4) is 0 Å². The molecule has 0 atom stereocenters. The minimum absolute atomic E-state index is 0.140. The van der Waals surface area contributed by atoms with E-state index in [-0.39, 0.29) is 12.5 Å². The fourth-order valence-corrected chi connectivity index (χ4v) is 1.89. The van der Waals surface area contributed by atoms with Crippen LogP contribution in [0.25, 0.3) is 0 Å². The van der Waals surface area contributed by atoms with Crippen LogP contribution in [0.5, 0.6) is 0 Å². The molecule has 0 aliphatic rings. The van der Waals surface area contributed by atoms with Crippen molar-refractivity contribution in [2.75, 3.05) is 11.1 Å². The summed E-state index contributed by atoms with van der Waals surface area (Å²) < 4.78 is 2.42. The SMILES string of the molecule is Cc1ccc(Br)cc1NC(=O)Cn1cc(N)cn1. The first kappa shape index (κ1) is 12.6. The van der Waals surface area contributed by atoms with Crippen LogP contribution in [0.4, 0.5) is 11.4 Å². The predicted octanol–water partition coefficient (Wildman–Crippen LogP) is 2.17. The van der Waals surface area contributed by atoms with Crippen LogP contribution in [-0.4, -0.2) is 15.7 Å². The Balaban J connectivity index is 2.05. The molecule has 2 aromatic rings. The first-order chi connectivity index (χ1) is 8.54. The molecule has 18 heavy (non-hydrogen) atoms. The maximum atomic E-state index is 11.8. The van der Waals surface area contributed by atoms with E-state index in [4.69, 9.17) is 5.73 Å². The van der Waals surface area contributed by atoms with E-state index in [1.807, 2.05) is 25.1 Å². The molecule has 0 spiro atoms. The Morgan fingerprint density at radius 3 is 3.00 bits per heavy atom. The highest BCUT2D eigenvalue weighted by Gasteiger charge is 2.06. The zero-order chi connectivity index (χ0) is 13.1. The van der Waals surface area contributed by atoms with Gasteiger partial charge in [0.15, 0.2) is 0 Å². The summed E-state index contributed by atoms with van der Waals surface area (Å²) in [4.78, 5) is 11.8. The lowest BCUT2D eigenvalue weighted by Crippen LogP contribution is -2.19. The van der Waals surface area contributed by atoms with Gasteiger partial charge in [-0.1, -0.05) is 22.0 Å². The van der Waals surface area contributed by atoms with Gasteiger partial charge in [-0.2, -0.15) is 5.10 Å². The van der Waals surface area contributed by atoms with Crippen LogP contribution in [0.3, 0.4) is 0 Å². The number of aryl methyl sites for hydroxylation is 1. The van der Waals surface area contributed by atoms with Crippen LogP contribution in [0, 0.1) is 6.92 Å². The van der Waals surface area contributed by atoms with E-state index < -0.39 is 0 Å². The van der Waals surface area contributed by atoms with Gasteiger partial charge in [0.2, 0.25) is 5.91 Å². The Morgan fingerprint density at radius 2 is 2.33 bits per heavy atom. The summed E-state index contributed by atoms with van der Waals surface area (Å²) >= 11 is 3.37. The highest BCUT2D eigenvalue weighted by Crippen LogP contribution is 2.20. The quantitative estimate of drug-likeness (QED) is 0.912. The number of benzene rings is 1. The molecule has 0 unspecified atom stereocenters. The van der Waals surface area contributed by atoms with Crippen molar-refractivity contribution in [3.05, 3.63) is 40.6 Å². The van der Waals surface area contributed by atoms with E-state index in [1.165, 1.54) is 10.9 Å². The van der Waals surface area contributed by atoms with Crippen LogP contribution in [0.1, 0.15) is 5.56 Å². The third-order valence-electron chi connectivity index (χ3n) is 2.43. The van der Waals surface area contributed by atoms with Gasteiger partial charge in [0.05, 0.1) is 11.9 Å². The number of carbonyl (C=O) groups is 1. The van der Waals surface area contributed by atoms with Crippen molar-refractivity contribution in [1.29, 1.82) is 0 Å². The first-order valence-electron chi connectivity index (χ1n) is 5.38. The Hall–Kier alpha value is -1.82. The van der Waals surface area contributed by atoms with Gasteiger partial charge in [-0.15, -0.1) is 0 Å². The standard InChI is InChI=1S/C12H13BrN4O/c1-8-2-3-9(13)4-11(8)16-12(18)7-17-6-10(14)5-15-17/h2-6H,7,14H2,1H3,(H,16,18). The van der Waals surface area contributed by atoms with Crippen LogP contribution >= 0.6 is 15.9 Å². The summed E-state index contributed by atoms with van der Waals surface area (Å²) in [6.45, 7) is 2.08. The number of nitrogens with one attached hydrogen (secondary N) is 1. The topological polar surface area (TPSA) is 72.9 Å². The largest absolute Gasteiger partial charge is 0.396 e. The molecular formula is C12H13BrN4O. The van der Waals surface area contributed by atoms with Crippen molar-refractivity contribution in [3.63, 3.8) is 0 Å². The molecule has 1 aromatic heterocycles. The third kappa shape index (κ3) is 3.10. The maximum Gasteiger partial charge on any atom is 0.246 e. The van der Waals surface area contributed by atoms with E-state index in [0.29, 0.717) is 5.69 Å². The molecule has 94 valence electrons. The summed E-state index contributed by atoms with van der Waals surface area (Å²) in [6.07, 6.45) is 3.13. The van der Waals surface area contributed by atoms with Crippen molar-refractivity contribution < 1.29 is 4.79 Å². The average molecular weight is 309 g/mol. The number of halogens is 1. The Bertz CT molecular complexity index is 579. The Kier molecular flexibility index (Phi) is 3.66. The number of hydrogen-bond donors (Lipinski definition) is 2. The molecule has 5 nitrogen and oxygen atoms in total. The summed E-state index contributed by atoms with van der Waals surface area (Å²) in [5, 5.41) is 6.80. The highest BCUT2D eigenvalue weighted by molar-refractivity contribution is 9.10. The molecule has 1 aromatic carbocycles. The smallest absolute Gasteiger partial charge is 0.246 e. The van der Waals surface area contributed by atoms with E-state index in [9.17, 15) is 4.79 Å². The lowest BCUT2D eigenvalue weighted by molar-refractivity contribution is -0.116. The minimum atomic E-state index is -0.140. The second-order valence-electron chi connectivity index (χ2n) is 3.98. The molecule has 3 N–H and O–H groups in total. The molecule has 0 radical (unpaired) electrons. The summed E-state index contributed by atoms with van der Waals surface area (Å²) in [7, 11) is 0. The maximum absolute atomic E-state index is 11.8. The minimum Gasteiger partial charge on any atom is -0.396 e. The molecule has 0 saturated carbocycles. The number of hydrogen-bond acceptors (Lipinski definition) is 3. The monoisotopic (exact) mass is 308 g/mol. The molecular weight excluding hydrogens is 296 g/mol. The van der Waals surface area contributed by atoms with Gasteiger partial charge in [-0.05, 0) is 24.6 Å². The van der Waals surface area contributed by atoms with E-state index in [1.54, 1.807) is 6.20 Å². The lowest BCUT2D eigenvalue weighted by Gasteiger charge is -2.08. The van der Waals surface area contributed by atoms with Gasteiger partial charge in [-0.25, -0.2) is 0 Å². The molecule has 0 aliphatic heterocycles. The zero-order valence-electron chi connectivity index (χ0n) is 9.85. The summed E-state index contributed by atoms with van der Waals surface area (Å²) in [5.74, 6) is -0.140. The fraction of sp³-hybridized carbons (Fsp3) is 0.167. The number of amides is 1. The molecule has 1 amide bonds. The van der Waals surface area contributed by atoms with Crippen molar-refractivity contribution in [2.24, 2.45) is 0 Å². The molecule has 0 bridgehead atoms. The zero-order valence-corrected chi connectivity index (χ0v) is 11.4. The first-order valence-corrected chi connectivity index (χ1v) is 6.18. The molecule has 2 rings (SSSR count). The van der Waals surface area contributed by atoms with Gasteiger partial charge in [0, 0.05) is 16.4 Å². The number of nitrogen functional groups attached to an aromatic ring is 1. The Labute approximate surface area is 113 Å². The van der Waals surface area contributed by atoms with Gasteiger partial charge in [0.25, 0.3) is 0 Å². The Morgan fingerprint density at radius 1 is 1.56 bits per heavy atom. The number of carbonyl (C=O) groups excluding carboxylic acids is 1. The number of rotatable bonds is 3. The average Bonchev–Trinajstić information content (AvgIpc) is 2.69. The van der Waals surface area contributed by atoms with E-state index in [2.05, 4.69) is 26.3 Å². The number of nitrogens with two attached hydrogens (primary N) is 1. The lowest BCUT2D eigenvalue weighted by atomic mass is 10.2. The van der Waals surface area contributed by atoms with Crippen LogP contribution in [0.15, 0.2) is 35.1 Å². The highest BCUT2D eigenvalue weighted by atomic mass is 79.9. The molecule has 6 heteroatoms. The fourth-order valence-electron chi connectivity index (χ4n) is 1.53. The van der Waals surface area contributed by atoms with Gasteiger partial charge >= 0.3 is 0 Å². The number of anilines is 2. The second-order valence-corrected chi connectivity index (χ2v) is 4.89. The molecule has 1 heterocycles. The summed E-state index contributed by atoms with van der Waals surface area (Å²) in [6, 6.07) is 5.73. The van der Waals surface area contributed by atoms with Crippen LogP contribution < -0.4 is 11.1 Å². The van der Waals surface area contributed by atoms with Gasteiger partial charge in [0.1, 0.15) is 6.54 Å².